The van der Waals surface area contributed by atoms with Crippen LogP contribution in [0.25, 0.3) is 0 Å². The van der Waals surface area contributed by atoms with Crippen LogP contribution >= 0.6 is 0 Å². The summed E-state index contributed by atoms with van der Waals surface area (Å²) in [4.78, 5) is 23.5. The fourth-order valence-corrected chi connectivity index (χ4v) is 1.15. The molecule has 0 rings (SSSR count). The van der Waals surface area contributed by atoms with E-state index in [1.54, 1.807) is 7.05 Å². The van der Waals surface area contributed by atoms with Crippen LogP contribution in [0.4, 0.5) is 0 Å². The van der Waals surface area contributed by atoms with Gasteiger partial charge in [-0.3, -0.25) is 9.59 Å². The van der Waals surface area contributed by atoms with Crippen LogP contribution < -0.4 is 5.32 Å². The molecule has 0 aliphatic carbocycles. The average molecular weight is 230 g/mol. The van der Waals surface area contributed by atoms with E-state index in [0.29, 0.717) is 6.54 Å². The van der Waals surface area contributed by atoms with Gasteiger partial charge in [-0.05, 0) is 18.8 Å². The van der Waals surface area contributed by atoms with Gasteiger partial charge in [0.2, 0.25) is 11.8 Å². The van der Waals surface area contributed by atoms with Gasteiger partial charge >= 0.3 is 0 Å². The fourth-order valence-electron chi connectivity index (χ4n) is 1.15. The Bertz CT molecular complexity index is 231. The van der Waals surface area contributed by atoms with Gasteiger partial charge in [-0.2, -0.15) is 0 Å². The van der Waals surface area contributed by atoms with E-state index in [-0.39, 0.29) is 30.9 Å². The zero-order valence-corrected chi connectivity index (χ0v) is 10.3. The average Bonchev–Trinajstić information content (AvgIpc) is 2.23. The Morgan fingerprint density at radius 2 is 2.06 bits per heavy atom. The summed E-state index contributed by atoms with van der Waals surface area (Å²) in [7, 11) is 1.59. The Morgan fingerprint density at radius 3 is 2.56 bits per heavy atom. The molecular weight excluding hydrogens is 208 g/mol. The van der Waals surface area contributed by atoms with Crippen molar-refractivity contribution in [2.75, 3.05) is 26.7 Å². The molecule has 94 valence electrons. The summed E-state index contributed by atoms with van der Waals surface area (Å²) in [5, 5.41) is 11.5. The van der Waals surface area contributed by atoms with Crippen LogP contribution in [0.2, 0.25) is 0 Å². The zero-order chi connectivity index (χ0) is 12.6. The summed E-state index contributed by atoms with van der Waals surface area (Å²) in [6, 6.07) is 0. The van der Waals surface area contributed by atoms with E-state index in [2.05, 4.69) is 5.32 Å². The van der Waals surface area contributed by atoms with Crippen molar-refractivity contribution in [3.8, 4) is 0 Å². The fraction of sp³-hybridized carbons (Fsp3) is 0.818. The van der Waals surface area contributed by atoms with Crippen molar-refractivity contribution in [1.82, 2.24) is 10.2 Å². The molecule has 0 saturated carbocycles. The SMILES string of the molecule is CC(=O)N(C)CC(=O)NCCCC(C)CO. The summed E-state index contributed by atoms with van der Waals surface area (Å²) >= 11 is 0. The second kappa shape index (κ2) is 8.10. The Kier molecular flexibility index (Phi) is 7.54. The first-order valence-corrected chi connectivity index (χ1v) is 5.56. The minimum Gasteiger partial charge on any atom is -0.396 e. The summed E-state index contributed by atoms with van der Waals surface area (Å²) < 4.78 is 0. The van der Waals surface area contributed by atoms with Crippen molar-refractivity contribution in [1.29, 1.82) is 0 Å². The maximum atomic E-state index is 11.3. The van der Waals surface area contributed by atoms with Gasteiger partial charge in [-0.15, -0.1) is 0 Å². The number of aliphatic hydroxyl groups is 1. The van der Waals surface area contributed by atoms with E-state index in [1.807, 2.05) is 6.92 Å². The van der Waals surface area contributed by atoms with Crippen molar-refractivity contribution >= 4 is 11.8 Å². The molecular formula is C11H22N2O3. The molecule has 0 heterocycles. The molecule has 0 spiro atoms. The van der Waals surface area contributed by atoms with E-state index in [1.165, 1.54) is 11.8 Å². The first-order valence-electron chi connectivity index (χ1n) is 5.56. The van der Waals surface area contributed by atoms with E-state index < -0.39 is 0 Å². The number of nitrogens with one attached hydrogen (secondary N) is 1. The number of nitrogens with zero attached hydrogens (tertiary/aromatic N) is 1. The highest BCUT2D eigenvalue weighted by Gasteiger charge is 2.08. The third-order valence-corrected chi connectivity index (χ3v) is 2.43. The van der Waals surface area contributed by atoms with Crippen molar-refractivity contribution in [3.63, 3.8) is 0 Å². The molecule has 16 heavy (non-hydrogen) atoms. The van der Waals surface area contributed by atoms with Crippen molar-refractivity contribution in [3.05, 3.63) is 0 Å². The van der Waals surface area contributed by atoms with E-state index in [9.17, 15) is 9.59 Å². The lowest BCUT2D eigenvalue weighted by Crippen LogP contribution is -2.37. The number of rotatable bonds is 7. The Labute approximate surface area is 96.8 Å². The van der Waals surface area contributed by atoms with Crippen LogP contribution in [0, 0.1) is 5.92 Å². The summed E-state index contributed by atoms with van der Waals surface area (Å²) in [5.74, 6) is 0.00944. The van der Waals surface area contributed by atoms with Gasteiger partial charge in [0.05, 0.1) is 6.54 Å². The maximum Gasteiger partial charge on any atom is 0.239 e. The Balaban J connectivity index is 3.55. The molecule has 1 unspecified atom stereocenters. The summed E-state index contributed by atoms with van der Waals surface area (Å²) in [6.45, 7) is 4.27. The van der Waals surface area contributed by atoms with Gasteiger partial charge in [-0.1, -0.05) is 6.92 Å². The van der Waals surface area contributed by atoms with Crippen LogP contribution in [0.1, 0.15) is 26.7 Å². The monoisotopic (exact) mass is 230 g/mol. The molecule has 0 fully saturated rings. The van der Waals surface area contributed by atoms with E-state index in [0.717, 1.165) is 12.8 Å². The summed E-state index contributed by atoms with van der Waals surface area (Å²) in [5.41, 5.74) is 0. The lowest BCUT2D eigenvalue weighted by Gasteiger charge is -2.14. The maximum absolute atomic E-state index is 11.3. The third kappa shape index (κ3) is 7.23. The molecule has 1 atom stereocenters. The summed E-state index contributed by atoms with van der Waals surface area (Å²) in [6.07, 6.45) is 1.73. The molecule has 0 aromatic rings. The second-order valence-corrected chi connectivity index (χ2v) is 4.16. The van der Waals surface area contributed by atoms with E-state index in [4.69, 9.17) is 5.11 Å². The third-order valence-electron chi connectivity index (χ3n) is 2.43. The quantitative estimate of drug-likeness (QED) is 0.604. The van der Waals surface area contributed by atoms with Gasteiger partial charge in [0.25, 0.3) is 0 Å². The number of hydrogen-bond donors (Lipinski definition) is 2. The highest BCUT2D eigenvalue weighted by atomic mass is 16.3. The Hall–Kier alpha value is -1.10. The number of hydrogen-bond acceptors (Lipinski definition) is 3. The largest absolute Gasteiger partial charge is 0.396 e. The smallest absolute Gasteiger partial charge is 0.239 e. The molecule has 2 amide bonds. The Morgan fingerprint density at radius 1 is 1.44 bits per heavy atom. The lowest BCUT2D eigenvalue weighted by atomic mass is 10.1. The minimum absolute atomic E-state index is 0.102. The molecule has 0 saturated heterocycles. The number of aliphatic hydroxyl groups excluding tert-OH is 1. The molecule has 0 aromatic carbocycles. The van der Waals surface area contributed by atoms with Crippen LogP contribution in [-0.4, -0.2) is 48.6 Å². The molecule has 0 radical (unpaired) electrons. The van der Waals surface area contributed by atoms with Crippen LogP contribution in [0.15, 0.2) is 0 Å². The zero-order valence-electron chi connectivity index (χ0n) is 10.3. The molecule has 2 N–H and O–H groups in total. The van der Waals surface area contributed by atoms with Gasteiger partial charge < -0.3 is 15.3 Å². The standard InChI is InChI=1S/C11H22N2O3/c1-9(8-14)5-4-6-12-11(16)7-13(3)10(2)15/h9,14H,4-8H2,1-3H3,(H,12,16). The predicted octanol–water partition coefficient (Wildman–Crippen LogP) is -0.0105. The molecule has 0 aromatic heterocycles. The molecule has 0 bridgehead atoms. The van der Waals surface area contributed by atoms with Crippen LogP contribution in [-0.2, 0) is 9.59 Å². The van der Waals surface area contributed by atoms with E-state index >= 15 is 0 Å². The topological polar surface area (TPSA) is 69.6 Å². The highest BCUT2D eigenvalue weighted by molar-refractivity contribution is 5.83. The first-order chi connectivity index (χ1) is 7.47. The normalized spacial score (nSPS) is 12.0. The lowest BCUT2D eigenvalue weighted by molar-refractivity contribution is -0.133. The molecule has 0 aliphatic heterocycles. The van der Waals surface area contributed by atoms with Crippen molar-refractivity contribution in [2.45, 2.75) is 26.7 Å². The van der Waals surface area contributed by atoms with Gasteiger partial charge in [-0.25, -0.2) is 0 Å². The number of carbonyl (C=O) groups is 2. The molecule has 0 aliphatic rings. The second-order valence-electron chi connectivity index (χ2n) is 4.16. The number of likely N-dealkylation sites (N-methyl/N-ethyl adjacent to an activating group) is 1. The van der Waals surface area contributed by atoms with Gasteiger partial charge in [0.15, 0.2) is 0 Å². The van der Waals surface area contributed by atoms with Gasteiger partial charge in [0, 0.05) is 27.1 Å². The molecule has 5 nitrogen and oxygen atoms in total. The van der Waals surface area contributed by atoms with Crippen molar-refractivity contribution < 1.29 is 14.7 Å². The number of carbonyl (C=O) groups excluding carboxylic acids is 2. The first kappa shape index (κ1) is 14.9. The van der Waals surface area contributed by atoms with Crippen molar-refractivity contribution in [2.24, 2.45) is 5.92 Å². The van der Waals surface area contributed by atoms with Gasteiger partial charge in [0.1, 0.15) is 0 Å². The van der Waals surface area contributed by atoms with Crippen LogP contribution in [0.3, 0.4) is 0 Å². The van der Waals surface area contributed by atoms with Crippen LogP contribution in [0.5, 0.6) is 0 Å². The highest BCUT2D eigenvalue weighted by Crippen LogP contribution is 2.02. The molecule has 5 heteroatoms. The predicted molar refractivity (Wildman–Crippen MR) is 61.8 cm³/mol. The number of amides is 2. The minimum atomic E-state index is -0.144.